The number of carboxylic acid groups (broad SMARTS) is 1. The first-order valence-electron chi connectivity index (χ1n) is 8.98. The molecule has 1 aliphatic heterocycles. The van der Waals surface area contributed by atoms with Crippen LogP contribution in [0.25, 0.3) is 10.9 Å². The van der Waals surface area contributed by atoms with Gasteiger partial charge in [-0.3, -0.25) is 14.3 Å². The summed E-state index contributed by atoms with van der Waals surface area (Å²) in [6, 6.07) is -0.261. The van der Waals surface area contributed by atoms with Crippen molar-refractivity contribution in [3.63, 3.8) is 0 Å². The number of likely N-dealkylation sites (tertiary alicyclic amines) is 1. The van der Waals surface area contributed by atoms with E-state index in [0.29, 0.717) is 36.0 Å². The normalized spacial score (nSPS) is 17.5. The number of fused-ring (bicyclic) bond motifs is 1. The van der Waals surface area contributed by atoms with E-state index < -0.39 is 6.09 Å². The second kappa shape index (κ2) is 7.37. The van der Waals surface area contributed by atoms with Gasteiger partial charge in [0.2, 0.25) is 5.91 Å². The Morgan fingerprint density at radius 3 is 2.81 bits per heavy atom. The molecule has 0 aromatic carbocycles. The Bertz CT molecular complexity index is 931. The molecule has 27 heavy (non-hydrogen) atoms. The van der Waals surface area contributed by atoms with Crippen molar-refractivity contribution >= 4 is 22.9 Å². The van der Waals surface area contributed by atoms with E-state index in [1.165, 1.54) is 9.58 Å². The number of hydrogen-bond donors (Lipinski definition) is 2. The first kappa shape index (κ1) is 18.9. The third-order valence-corrected chi connectivity index (χ3v) is 4.78. The van der Waals surface area contributed by atoms with Gasteiger partial charge in [0.25, 0.3) is 5.56 Å². The average molecular weight is 376 g/mol. The van der Waals surface area contributed by atoms with Crippen molar-refractivity contribution in [2.45, 2.75) is 45.2 Å². The molecular weight excluding hydrogens is 352 g/mol. The first-order chi connectivity index (χ1) is 12.8. The average Bonchev–Trinajstić information content (AvgIpc) is 2.99. The lowest BCUT2D eigenvalue weighted by atomic mass is 10.1. The molecule has 0 saturated carbocycles. The zero-order valence-electron chi connectivity index (χ0n) is 15.7. The zero-order chi connectivity index (χ0) is 19.7. The van der Waals surface area contributed by atoms with E-state index >= 15 is 0 Å². The number of aryl methyl sites for hydroxylation is 1. The van der Waals surface area contributed by atoms with Gasteiger partial charge >= 0.3 is 6.09 Å². The number of nitrogens with zero attached hydrogens (tertiary/aromatic N) is 5. The van der Waals surface area contributed by atoms with E-state index in [9.17, 15) is 14.4 Å². The van der Waals surface area contributed by atoms with Crippen molar-refractivity contribution in [1.82, 2.24) is 29.8 Å². The van der Waals surface area contributed by atoms with E-state index in [-0.39, 0.29) is 36.5 Å². The lowest BCUT2D eigenvalue weighted by Gasteiger charge is -2.31. The third-order valence-electron chi connectivity index (χ3n) is 4.78. The van der Waals surface area contributed by atoms with Gasteiger partial charge in [-0.15, -0.1) is 0 Å². The van der Waals surface area contributed by atoms with Crippen molar-refractivity contribution in [2.75, 3.05) is 13.1 Å². The summed E-state index contributed by atoms with van der Waals surface area (Å²) in [5, 5.41) is 21.1. The van der Waals surface area contributed by atoms with Crippen molar-refractivity contribution in [1.29, 1.82) is 0 Å². The number of carbonyl (C=O) groups excluding carboxylic acids is 1. The monoisotopic (exact) mass is 376 g/mol. The van der Waals surface area contributed by atoms with E-state index in [0.717, 1.165) is 4.68 Å². The van der Waals surface area contributed by atoms with Crippen LogP contribution in [-0.2, 0) is 18.4 Å². The Labute approximate surface area is 155 Å². The van der Waals surface area contributed by atoms with Crippen molar-refractivity contribution in [2.24, 2.45) is 7.05 Å². The molecule has 2 N–H and O–H groups in total. The molecule has 146 valence electrons. The number of rotatable bonds is 4. The molecule has 0 spiro atoms. The van der Waals surface area contributed by atoms with Gasteiger partial charge < -0.3 is 15.3 Å². The Hall–Kier alpha value is -2.91. The molecule has 1 saturated heterocycles. The summed E-state index contributed by atoms with van der Waals surface area (Å²) in [5.41, 5.74) is 0.747. The van der Waals surface area contributed by atoms with E-state index in [1.807, 2.05) is 13.8 Å². The number of carbonyl (C=O) groups is 2. The van der Waals surface area contributed by atoms with Gasteiger partial charge in [0.1, 0.15) is 12.1 Å². The SMILES string of the molecule is CC(C)c1nn(CC(=O)N[C@@H]2CCCN(C(=O)O)C2)c(=O)c2c1cnn2C. The van der Waals surface area contributed by atoms with Gasteiger partial charge in [0, 0.05) is 31.6 Å². The molecular formula is C17H24N6O4. The molecule has 0 bridgehead atoms. The predicted molar refractivity (Wildman–Crippen MR) is 97.6 cm³/mol. The van der Waals surface area contributed by atoms with Crippen LogP contribution in [-0.4, -0.2) is 60.7 Å². The summed E-state index contributed by atoms with van der Waals surface area (Å²) in [6.45, 7) is 4.43. The number of nitrogens with one attached hydrogen (secondary N) is 1. The van der Waals surface area contributed by atoms with Crippen LogP contribution in [0.15, 0.2) is 11.0 Å². The summed E-state index contributed by atoms with van der Waals surface area (Å²) in [5.74, 6) is -0.299. The van der Waals surface area contributed by atoms with Gasteiger partial charge in [-0.25, -0.2) is 9.48 Å². The van der Waals surface area contributed by atoms with Crippen LogP contribution in [0, 0.1) is 0 Å². The lowest BCUT2D eigenvalue weighted by molar-refractivity contribution is -0.123. The smallest absolute Gasteiger partial charge is 0.407 e. The van der Waals surface area contributed by atoms with Crippen LogP contribution < -0.4 is 10.9 Å². The molecule has 2 amide bonds. The fraction of sp³-hybridized carbons (Fsp3) is 0.588. The maximum absolute atomic E-state index is 12.7. The van der Waals surface area contributed by atoms with E-state index in [1.54, 1.807) is 13.2 Å². The highest BCUT2D eigenvalue weighted by Crippen LogP contribution is 2.20. The van der Waals surface area contributed by atoms with Crippen LogP contribution >= 0.6 is 0 Å². The number of aromatic nitrogens is 4. The lowest BCUT2D eigenvalue weighted by Crippen LogP contribution is -2.50. The fourth-order valence-electron chi connectivity index (χ4n) is 3.44. The molecule has 1 atom stereocenters. The van der Waals surface area contributed by atoms with E-state index in [4.69, 9.17) is 5.11 Å². The standard InChI is InChI=1S/C17H24N6O4/c1-10(2)14-12-7-18-21(3)15(12)16(25)23(20-14)9-13(24)19-11-5-4-6-22(8-11)17(26)27/h7,10-11H,4-6,8-9H2,1-3H3,(H,19,24)(H,26,27)/t11-/m1/s1. The van der Waals surface area contributed by atoms with Crippen LogP contribution in [0.3, 0.4) is 0 Å². The fourth-order valence-corrected chi connectivity index (χ4v) is 3.44. The minimum absolute atomic E-state index is 0.0640. The molecule has 3 rings (SSSR count). The largest absolute Gasteiger partial charge is 0.465 e. The molecule has 0 unspecified atom stereocenters. The Kier molecular flexibility index (Phi) is 5.15. The highest BCUT2D eigenvalue weighted by Gasteiger charge is 2.25. The molecule has 10 nitrogen and oxygen atoms in total. The topological polar surface area (TPSA) is 122 Å². The summed E-state index contributed by atoms with van der Waals surface area (Å²) in [6.07, 6.45) is 2.02. The minimum Gasteiger partial charge on any atom is -0.465 e. The molecule has 0 radical (unpaired) electrons. The summed E-state index contributed by atoms with van der Waals surface area (Å²) < 4.78 is 2.65. The molecule has 1 aliphatic rings. The van der Waals surface area contributed by atoms with E-state index in [2.05, 4.69) is 15.5 Å². The van der Waals surface area contributed by atoms with Gasteiger partial charge in [-0.05, 0) is 18.8 Å². The molecule has 1 fully saturated rings. The summed E-state index contributed by atoms with van der Waals surface area (Å²) in [7, 11) is 1.68. The maximum Gasteiger partial charge on any atom is 0.407 e. The highest BCUT2D eigenvalue weighted by atomic mass is 16.4. The summed E-state index contributed by atoms with van der Waals surface area (Å²) in [4.78, 5) is 37.6. The quantitative estimate of drug-likeness (QED) is 0.802. The number of amides is 2. The highest BCUT2D eigenvalue weighted by molar-refractivity contribution is 5.81. The molecule has 3 heterocycles. The molecule has 2 aromatic rings. The van der Waals surface area contributed by atoms with Gasteiger partial charge in [0.05, 0.1) is 11.9 Å². The van der Waals surface area contributed by atoms with Crippen LogP contribution in [0.1, 0.15) is 38.3 Å². The second-order valence-electron chi connectivity index (χ2n) is 7.17. The molecule has 0 aliphatic carbocycles. The first-order valence-corrected chi connectivity index (χ1v) is 8.98. The minimum atomic E-state index is -0.991. The van der Waals surface area contributed by atoms with Gasteiger partial charge in [-0.1, -0.05) is 13.8 Å². The summed E-state index contributed by atoms with van der Waals surface area (Å²) >= 11 is 0. The van der Waals surface area contributed by atoms with Crippen molar-refractivity contribution in [3.05, 3.63) is 22.2 Å². The van der Waals surface area contributed by atoms with Gasteiger partial charge in [-0.2, -0.15) is 10.2 Å². The Morgan fingerprint density at radius 1 is 1.41 bits per heavy atom. The van der Waals surface area contributed by atoms with Crippen LogP contribution in [0.2, 0.25) is 0 Å². The Morgan fingerprint density at radius 2 is 2.15 bits per heavy atom. The number of piperidine rings is 1. The second-order valence-corrected chi connectivity index (χ2v) is 7.17. The Balaban J connectivity index is 1.81. The maximum atomic E-state index is 12.7. The molecule has 2 aromatic heterocycles. The van der Waals surface area contributed by atoms with Crippen LogP contribution in [0.5, 0.6) is 0 Å². The van der Waals surface area contributed by atoms with Crippen LogP contribution in [0.4, 0.5) is 4.79 Å². The number of hydrogen-bond acceptors (Lipinski definition) is 5. The van der Waals surface area contributed by atoms with Crippen molar-refractivity contribution < 1.29 is 14.7 Å². The third kappa shape index (κ3) is 3.79. The van der Waals surface area contributed by atoms with Crippen molar-refractivity contribution in [3.8, 4) is 0 Å². The predicted octanol–water partition coefficient (Wildman–Crippen LogP) is 0.512. The van der Waals surface area contributed by atoms with Gasteiger partial charge in [0.15, 0.2) is 0 Å². The zero-order valence-corrected chi connectivity index (χ0v) is 15.7. The molecule has 10 heteroatoms.